The van der Waals surface area contributed by atoms with Crippen LogP contribution in [0.2, 0.25) is 0 Å². The van der Waals surface area contributed by atoms with Crippen LogP contribution in [0.15, 0.2) is 54.7 Å². The highest BCUT2D eigenvalue weighted by Crippen LogP contribution is 2.31. The maximum Gasteiger partial charge on any atom is 0.227 e. The van der Waals surface area contributed by atoms with Crippen molar-refractivity contribution in [3.05, 3.63) is 71.7 Å². The number of benzene rings is 2. The molecule has 0 spiro atoms. The van der Waals surface area contributed by atoms with Crippen LogP contribution in [0.4, 0.5) is 11.4 Å². The van der Waals surface area contributed by atoms with Gasteiger partial charge in [-0.3, -0.25) is 4.79 Å². The van der Waals surface area contributed by atoms with Crippen LogP contribution in [-0.4, -0.2) is 42.2 Å². The van der Waals surface area contributed by atoms with Crippen LogP contribution in [-0.2, 0) is 16.0 Å². The summed E-state index contributed by atoms with van der Waals surface area (Å²) in [5.41, 5.74) is 4.89. The Kier molecular flexibility index (Phi) is 6.01. The molecule has 2 aliphatic rings. The molecule has 2 aromatic carbocycles. The Balaban J connectivity index is 1.30. The van der Waals surface area contributed by atoms with E-state index in [0.717, 1.165) is 61.8 Å². The van der Waals surface area contributed by atoms with Crippen LogP contribution in [0, 0.1) is 17.2 Å². The van der Waals surface area contributed by atoms with E-state index in [0.29, 0.717) is 17.7 Å². The summed E-state index contributed by atoms with van der Waals surface area (Å²) in [5, 5.41) is 12.4. The van der Waals surface area contributed by atoms with Gasteiger partial charge in [-0.05, 0) is 48.7 Å². The Hall–Kier alpha value is -3.76. The van der Waals surface area contributed by atoms with Gasteiger partial charge in [-0.25, -0.2) is 9.97 Å². The molecule has 1 aliphatic carbocycles. The van der Waals surface area contributed by atoms with Gasteiger partial charge >= 0.3 is 0 Å². The van der Waals surface area contributed by atoms with Gasteiger partial charge in [0.15, 0.2) is 0 Å². The number of nitriles is 1. The van der Waals surface area contributed by atoms with Crippen LogP contribution in [0.1, 0.15) is 29.8 Å². The third-order valence-electron chi connectivity index (χ3n) is 6.02. The van der Waals surface area contributed by atoms with Crippen molar-refractivity contribution < 1.29 is 9.53 Å². The molecule has 0 bridgehead atoms. The first-order valence-corrected chi connectivity index (χ1v) is 11.3. The quantitative estimate of drug-likeness (QED) is 0.628. The molecule has 1 aliphatic heterocycles. The number of nitrogens with zero attached hydrogens (tertiary/aromatic N) is 4. The SMILES string of the molecule is N#Cc1cc(-c2ccnc(Cc3ccc(N4CCOCC4)cc3)n2)ccc1NC(=O)C1CC1. The summed E-state index contributed by atoms with van der Waals surface area (Å²) in [6, 6.07) is 18.0. The number of amides is 1. The monoisotopic (exact) mass is 439 g/mol. The van der Waals surface area contributed by atoms with Crippen LogP contribution in [0.3, 0.4) is 0 Å². The van der Waals surface area contributed by atoms with Gasteiger partial charge in [0.05, 0.1) is 30.2 Å². The summed E-state index contributed by atoms with van der Waals surface area (Å²) >= 11 is 0. The van der Waals surface area contributed by atoms with Gasteiger partial charge in [0, 0.05) is 42.9 Å². The molecule has 33 heavy (non-hydrogen) atoms. The highest BCUT2D eigenvalue weighted by Gasteiger charge is 2.30. The number of carbonyl (C=O) groups excluding carboxylic acids is 1. The van der Waals surface area contributed by atoms with Crippen LogP contribution < -0.4 is 10.2 Å². The minimum absolute atomic E-state index is 0.0109. The lowest BCUT2D eigenvalue weighted by Gasteiger charge is -2.28. The van der Waals surface area contributed by atoms with Gasteiger partial charge in [-0.15, -0.1) is 0 Å². The second-order valence-electron chi connectivity index (χ2n) is 8.44. The molecule has 0 radical (unpaired) electrons. The number of hydrogen-bond acceptors (Lipinski definition) is 6. The van der Waals surface area contributed by atoms with E-state index in [1.165, 1.54) is 5.69 Å². The molecule has 1 saturated heterocycles. The molecule has 1 aromatic heterocycles. The molecule has 2 heterocycles. The normalized spacial score (nSPS) is 15.7. The fourth-order valence-corrected chi connectivity index (χ4v) is 3.96. The zero-order valence-corrected chi connectivity index (χ0v) is 18.3. The minimum atomic E-state index is -0.0109. The zero-order chi connectivity index (χ0) is 22.6. The predicted octanol–water partition coefficient (Wildman–Crippen LogP) is 3.79. The largest absolute Gasteiger partial charge is 0.378 e. The lowest BCUT2D eigenvalue weighted by atomic mass is 10.1. The second kappa shape index (κ2) is 9.39. The molecule has 166 valence electrons. The number of morpholine rings is 1. The number of carbonyl (C=O) groups is 1. The molecule has 3 aromatic rings. The molecule has 7 heteroatoms. The van der Waals surface area contributed by atoms with E-state index in [1.54, 1.807) is 18.3 Å². The van der Waals surface area contributed by atoms with Crippen LogP contribution in [0.25, 0.3) is 11.3 Å². The average Bonchev–Trinajstić information content (AvgIpc) is 3.71. The van der Waals surface area contributed by atoms with Gasteiger partial charge in [0.25, 0.3) is 0 Å². The molecule has 1 N–H and O–H groups in total. The highest BCUT2D eigenvalue weighted by molar-refractivity contribution is 5.95. The van der Waals surface area contributed by atoms with Crippen LogP contribution >= 0.6 is 0 Å². The fraction of sp³-hybridized carbons (Fsp3) is 0.308. The Morgan fingerprint density at radius 1 is 1.12 bits per heavy atom. The minimum Gasteiger partial charge on any atom is -0.378 e. The molecule has 2 fully saturated rings. The first kappa shape index (κ1) is 21.1. The fourth-order valence-electron chi connectivity index (χ4n) is 3.96. The van der Waals surface area contributed by atoms with Crippen molar-refractivity contribution in [1.82, 2.24) is 9.97 Å². The Morgan fingerprint density at radius 2 is 1.91 bits per heavy atom. The maximum atomic E-state index is 12.1. The summed E-state index contributed by atoms with van der Waals surface area (Å²) in [6.45, 7) is 3.37. The number of anilines is 2. The third kappa shape index (κ3) is 5.02. The van der Waals surface area contributed by atoms with Gasteiger partial charge in [0.1, 0.15) is 11.9 Å². The number of rotatable bonds is 6. The molecular weight excluding hydrogens is 414 g/mol. The summed E-state index contributed by atoms with van der Waals surface area (Å²) in [5.74, 6) is 0.794. The standard InChI is InChI=1S/C26H25N5O2/c27-17-21-16-20(5-8-23(21)30-26(32)19-3-4-19)24-9-10-28-25(29-24)15-18-1-6-22(7-2-18)31-11-13-33-14-12-31/h1-2,5-10,16,19H,3-4,11-15H2,(H,30,32). The summed E-state index contributed by atoms with van der Waals surface area (Å²) in [6.07, 6.45) is 4.21. The number of hydrogen-bond donors (Lipinski definition) is 1. The van der Waals surface area contributed by atoms with Crippen molar-refractivity contribution in [2.75, 3.05) is 36.5 Å². The molecule has 1 saturated carbocycles. The summed E-state index contributed by atoms with van der Waals surface area (Å²) in [7, 11) is 0. The molecule has 0 unspecified atom stereocenters. The first-order chi connectivity index (χ1) is 16.2. The Bertz CT molecular complexity index is 1190. The number of ether oxygens (including phenoxy) is 1. The van der Waals surface area contributed by atoms with Crippen molar-refractivity contribution in [1.29, 1.82) is 5.26 Å². The van der Waals surface area contributed by atoms with Crippen molar-refractivity contribution in [3.8, 4) is 17.3 Å². The summed E-state index contributed by atoms with van der Waals surface area (Å²) < 4.78 is 5.43. The molecular formula is C26H25N5O2. The molecule has 5 rings (SSSR count). The van der Waals surface area contributed by atoms with E-state index in [2.05, 4.69) is 45.5 Å². The van der Waals surface area contributed by atoms with Crippen LogP contribution in [0.5, 0.6) is 0 Å². The first-order valence-electron chi connectivity index (χ1n) is 11.3. The third-order valence-corrected chi connectivity index (χ3v) is 6.02. The lowest BCUT2D eigenvalue weighted by molar-refractivity contribution is -0.117. The molecule has 1 amide bonds. The molecule has 7 nitrogen and oxygen atoms in total. The van der Waals surface area contributed by atoms with Gasteiger partial charge in [-0.2, -0.15) is 5.26 Å². The van der Waals surface area contributed by atoms with Crippen molar-refractivity contribution in [2.24, 2.45) is 5.92 Å². The van der Waals surface area contributed by atoms with E-state index < -0.39 is 0 Å². The highest BCUT2D eigenvalue weighted by atomic mass is 16.5. The van der Waals surface area contributed by atoms with Gasteiger partial charge in [-0.1, -0.05) is 18.2 Å². The van der Waals surface area contributed by atoms with Crippen molar-refractivity contribution in [3.63, 3.8) is 0 Å². The van der Waals surface area contributed by atoms with E-state index in [9.17, 15) is 10.1 Å². The van der Waals surface area contributed by atoms with E-state index in [-0.39, 0.29) is 11.8 Å². The predicted molar refractivity (Wildman–Crippen MR) is 126 cm³/mol. The zero-order valence-electron chi connectivity index (χ0n) is 18.3. The molecule has 0 atom stereocenters. The number of nitrogens with one attached hydrogen (secondary N) is 1. The van der Waals surface area contributed by atoms with Crippen molar-refractivity contribution >= 4 is 17.3 Å². The topological polar surface area (TPSA) is 91.1 Å². The van der Waals surface area contributed by atoms with Gasteiger partial charge < -0.3 is 15.0 Å². The summed E-state index contributed by atoms with van der Waals surface area (Å²) in [4.78, 5) is 23.6. The van der Waals surface area contributed by atoms with Gasteiger partial charge in [0.2, 0.25) is 5.91 Å². The van der Waals surface area contributed by atoms with E-state index in [4.69, 9.17) is 9.72 Å². The average molecular weight is 440 g/mol. The lowest BCUT2D eigenvalue weighted by Crippen LogP contribution is -2.36. The maximum absolute atomic E-state index is 12.1. The second-order valence-corrected chi connectivity index (χ2v) is 8.44. The van der Waals surface area contributed by atoms with E-state index >= 15 is 0 Å². The Morgan fingerprint density at radius 3 is 2.64 bits per heavy atom. The smallest absolute Gasteiger partial charge is 0.227 e. The number of aromatic nitrogens is 2. The van der Waals surface area contributed by atoms with Crippen molar-refractivity contribution in [2.45, 2.75) is 19.3 Å². The Labute approximate surface area is 193 Å². The van der Waals surface area contributed by atoms with E-state index in [1.807, 2.05) is 12.1 Å².